The van der Waals surface area contributed by atoms with Crippen LogP contribution in [0.4, 0.5) is 0 Å². The predicted octanol–water partition coefficient (Wildman–Crippen LogP) is 2.78. The number of nitrogens with one attached hydrogen (secondary N) is 3. The van der Waals surface area contributed by atoms with Crippen LogP contribution in [0.5, 0.6) is 0 Å². The summed E-state index contributed by atoms with van der Waals surface area (Å²) in [4.78, 5) is 32.7. The van der Waals surface area contributed by atoms with Gasteiger partial charge in [-0.05, 0) is 50.3 Å². The number of H-pyrrole nitrogens is 1. The van der Waals surface area contributed by atoms with Crippen molar-refractivity contribution in [3.8, 4) is 0 Å². The van der Waals surface area contributed by atoms with Gasteiger partial charge in [0.05, 0.1) is 11.0 Å². The Labute approximate surface area is 160 Å². The number of rotatable bonds is 6. The van der Waals surface area contributed by atoms with Crippen molar-refractivity contribution in [2.45, 2.75) is 52.4 Å². The summed E-state index contributed by atoms with van der Waals surface area (Å²) < 4.78 is 0. The lowest BCUT2D eigenvalue weighted by Crippen LogP contribution is -2.43. The molecule has 0 radical (unpaired) electrons. The van der Waals surface area contributed by atoms with Crippen LogP contribution >= 0.6 is 0 Å². The van der Waals surface area contributed by atoms with E-state index in [2.05, 4.69) is 41.6 Å². The predicted molar refractivity (Wildman–Crippen MR) is 106 cm³/mol. The van der Waals surface area contributed by atoms with Gasteiger partial charge in [-0.15, -0.1) is 0 Å². The number of fused-ring (bicyclic) bond motifs is 1. The highest BCUT2D eigenvalue weighted by atomic mass is 16.2. The zero-order valence-electron chi connectivity index (χ0n) is 16.5. The Bertz CT molecular complexity index is 827. The molecule has 1 fully saturated rings. The number of hydrogen-bond acceptors (Lipinski definition) is 3. The Morgan fingerprint density at radius 3 is 2.56 bits per heavy atom. The van der Waals surface area contributed by atoms with Crippen LogP contribution in [-0.2, 0) is 16.0 Å². The lowest BCUT2D eigenvalue weighted by Gasteiger charge is -2.29. The Morgan fingerprint density at radius 2 is 1.85 bits per heavy atom. The van der Waals surface area contributed by atoms with Crippen LogP contribution in [0.2, 0.25) is 0 Å². The van der Waals surface area contributed by atoms with Crippen molar-refractivity contribution in [3.63, 3.8) is 0 Å². The molecule has 6 heteroatoms. The van der Waals surface area contributed by atoms with Gasteiger partial charge in [-0.1, -0.05) is 18.9 Å². The normalized spacial score (nSPS) is 19.8. The van der Waals surface area contributed by atoms with Crippen LogP contribution < -0.4 is 10.6 Å². The lowest BCUT2D eigenvalue weighted by atomic mass is 9.78. The van der Waals surface area contributed by atoms with Crippen LogP contribution in [-0.4, -0.2) is 35.4 Å². The second-order valence-corrected chi connectivity index (χ2v) is 7.59. The fraction of sp³-hybridized carbons (Fsp3) is 0.571. The van der Waals surface area contributed by atoms with Gasteiger partial charge in [0.25, 0.3) is 0 Å². The SMILES string of the molecule is CNC(=O)[C@@H]1CCCC[C@@H]1C(=O)NCCCc1nc2c(C)c(C)ccc2[nH]1. The molecule has 1 aliphatic carbocycles. The van der Waals surface area contributed by atoms with Gasteiger partial charge in [0.15, 0.2) is 0 Å². The zero-order chi connectivity index (χ0) is 19.4. The highest BCUT2D eigenvalue weighted by Crippen LogP contribution is 2.30. The zero-order valence-corrected chi connectivity index (χ0v) is 16.5. The van der Waals surface area contributed by atoms with Crippen LogP contribution in [0.15, 0.2) is 12.1 Å². The molecule has 2 aromatic rings. The largest absolute Gasteiger partial charge is 0.359 e. The first-order valence-electron chi connectivity index (χ1n) is 9.95. The fourth-order valence-electron chi connectivity index (χ4n) is 4.03. The van der Waals surface area contributed by atoms with E-state index in [9.17, 15) is 9.59 Å². The van der Waals surface area contributed by atoms with Crippen LogP contribution in [0.25, 0.3) is 11.0 Å². The van der Waals surface area contributed by atoms with Crippen LogP contribution in [0.3, 0.4) is 0 Å². The Hall–Kier alpha value is -2.37. The highest BCUT2D eigenvalue weighted by molar-refractivity contribution is 5.87. The number of aromatic nitrogens is 2. The molecule has 146 valence electrons. The molecule has 3 rings (SSSR count). The number of carbonyl (C=O) groups excluding carboxylic acids is 2. The molecule has 1 aromatic heterocycles. The smallest absolute Gasteiger partial charge is 0.223 e. The molecule has 1 saturated carbocycles. The second kappa shape index (κ2) is 8.55. The molecule has 6 nitrogen and oxygen atoms in total. The summed E-state index contributed by atoms with van der Waals surface area (Å²) in [6, 6.07) is 4.17. The average molecular weight is 370 g/mol. The van der Waals surface area contributed by atoms with E-state index in [1.165, 1.54) is 11.1 Å². The van der Waals surface area contributed by atoms with Crippen molar-refractivity contribution in [1.82, 2.24) is 20.6 Å². The minimum Gasteiger partial charge on any atom is -0.359 e. The summed E-state index contributed by atoms with van der Waals surface area (Å²) in [6.45, 7) is 4.79. The van der Waals surface area contributed by atoms with Gasteiger partial charge in [-0.25, -0.2) is 4.98 Å². The van der Waals surface area contributed by atoms with E-state index < -0.39 is 0 Å². The number of aryl methyl sites for hydroxylation is 3. The van der Waals surface area contributed by atoms with E-state index >= 15 is 0 Å². The summed E-state index contributed by atoms with van der Waals surface area (Å²) in [5.74, 6) is 0.567. The highest BCUT2D eigenvalue weighted by Gasteiger charge is 2.34. The molecule has 2 amide bonds. The minimum atomic E-state index is -0.199. The van der Waals surface area contributed by atoms with E-state index in [-0.39, 0.29) is 23.7 Å². The Kier molecular flexibility index (Phi) is 6.14. The van der Waals surface area contributed by atoms with Gasteiger partial charge >= 0.3 is 0 Å². The molecular formula is C21H30N4O2. The number of imidazole rings is 1. The average Bonchev–Trinajstić information content (AvgIpc) is 3.11. The van der Waals surface area contributed by atoms with Crippen molar-refractivity contribution in [1.29, 1.82) is 0 Å². The summed E-state index contributed by atoms with van der Waals surface area (Å²) >= 11 is 0. The first-order valence-corrected chi connectivity index (χ1v) is 9.95. The van der Waals surface area contributed by atoms with Gasteiger partial charge in [0.2, 0.25) is 11.8 Å². The maximum Gasteiger partial charge on any atom is 0.223 e. The second-order valence-electron chi connectivity index (χ2n) is 7.59. The van der Waals surface area contributed by atoms with Crippen molar-refractivity contribution in [3.05, 3.63) is 29.1 Å². The van der Waals surface area contributed by atoms with E-state index in [4.69, 9.17) is 4.98 Å². The first kappa shape index (κ1) is 19.4. The molecule has 0 aliphatic heterocycles. The molecule has 1 aromatic carbocycles. The maximum atomic E-state index is 12.5. The van der Waals surface area contributed by atoms with Crippen molar-refractivity contribution in [2.24, 2.45) is 11.8 Å². The van der Waals surface area contributed by atoms with Crippen LogP contribution in [0, 0.1) is 25.7 Å². The molecule has 1 aliphatic rings. The summed E-state index contributed by atoms with van der Waals surface area (Å²) in [5.41, 5.74) is 4.55. The quantitative estimate of drug-likeness (QED) is 0.683. The molecule has 0 spiro atoms. The van der Waals surface area contributed by atoms with E-state index in [1.54, 1.807) is 7.05 Å². The number of carbonyl (C=O) groups is 2. The molecule has 27 heavy (non-hydrogen) atoms. The monoisotopic (exact) mass is 370 g/mol. The topological polar surface area (TPSA) is 86.9 Å². The van der Waals surface area contributed by atoms with Crippen molar-refractivity contribution < 1.29 is 9.59 Å². The number of benzene rings is 1. The van der Waals surface area contributed by atoms with Gasteiger partial charge in [0.1, 0.15) is 5.82 Å². The Morgan fingerprint density at radius 1 is 1.15 bits per heavy atom. The third-order valence-corrected chi connectivity index (χ3v) is 5.80. The molecule has 0 bridgehead atoms. The van der Waals surface area contributed by atoms with Gasteiger partial charge < -0.3 is 15.6 Å². The Balaban J connectivity index is 1.51. The minimum absolute atomic E-state index is 0.0113. The van der Waals surface area contributed by atoms with E-state index in [1.807, 2.05) is 0 Å². The molecule has 0 unspecified atom stereocenters. The number of hydrogen-bond donors (Lipinski definition) is 3. The van der Waals surface area contributed by atoms with Crippen molar-refractivity contribution in [2.75, 3.05) is 13.6 Å². The van der Waals surface area contributed by atoms with E-state index in [0.29, 0.717) is 6.54 Å². The first-order chi connectivity index (χ1) is 13.0. The standard InChI is InChI=1S/C21H30N4O2/c1-13-10-11-17-19(14(13)2)25-18(24-17)9-6-12-23-21(27)16-8-5-4-7-15(16)20(26)22-3/h10-11,15-16H,4-9,12H2,1-3H3,(H,22,26)(H,23,27)(H,24,25)/t15-,16+/m1/s1. The molecule has 1 heterocycles. The molecule has 2 atom stereocenters. The third-order valence-electron chi connectivity index (χ3n) is 5.80. The number of amides is 2. The maximum absolute atomic E-state index is 12.5. The van der Waals surface area contributed by atoms with E-state index in [0.717, 1.165) is 55.4 Å². The van der Waals surface area contributed by atoms with Gasteiger partial charge in [-0.3, -0.25) is 9.59 Å². The summed E-state index contributed by atoms with van der Waals surface area (Å²) in [6.07, 6.45) is 5.25. The third kappa shape index (κ3) is 4.31. The van der Waals surface area contributed by atoms with Gasteiger partial charge in [-0.2, -0.15) is 0 Å². The fourth-order valence-corrected chi connectivity index (χ4v) is 4.03. The van der Waals surface area contributed by atoms with Crippen molar-refractivity contribution >= 4 is 22.8 Å². The lowest BCUT2D eigenvalue weighted by molar-refractivity contribution is -0.136. The molecule has 0 saturated heterocycles. The summed E-state index contributed by atoms with van der Waals surface area (Å²) in [5, 5.41) is 5.72. The molecule has 3 N–H and O–H groups in total. The molecular weight excluding hydrogens is 340 g/mol. The number of aromatic amines is 1. The number of nitrogens with zero attached hydrogens (tertiary/aromatic N) is 1. The summed E-state index contributed by atoms with van der Waals surface area (Å²) in [7, 11) is 1.64. The van der Waals surface area contributed by atoms with Gasteiger partial charge in [0, 0.05) is 31.8 Å². The van der Waals surface area contributed by atoms with Crippen LogP contribution in [0.1, 0.15) is 49.1 Å².